The van der Waals surface area contributed by atoms with E-state index in [9.17, 15) is 17.9 Å². The minimum absolute atomic E-state index is 0.276. The van der Waals surface area contributed by atoms with Crippen molar-refractivity contribution in [1.29, 1.82) is 0 Å². The molecule has 1 aliphatic rings. The van der Waals surface area contributed by atoms with Gasteiger partial charge in [0.05, 0.1) is 6.10 Å². The molecule has 0 saturated carbocycles. The molecular weight excluding hydrogens is 343 g/mol. The molecule has 1 aliphatic heterocycles. The number of sulfonamides is 1. The molecule has 0 aromatic heterocycles. The van der Waals surface area contributed by atoms with Gasteiger partial charge in [-0.1, -0.05) is 42.5 Å². The van der Waals surface area contributed by atoms with E-state index in [0.717, 1.165) is 11.6 Å². The summed E-state index contributed by atoms with van der Waals surface area (Å²) in [5, 5.41) is 10.3. The van der Waals surface area contributed by atoms with Crippen LogP contribution >= 0.6 is 0 Å². The predicted molar refractivity (Wildman–Crippen MR) is 93.0 cm³/mol. The van der Waals surface area contributed by atoms with Crippen LogP contribution in [0.25, 0.3) is 0 Å². The van der Waals surface area contributed by atoms with Crippen molar-refractivity contribution in [2.75, 3.05) is 32.7 Å². The number of aliphatic hydroxyl groups is 1. The van der Waals surface area contributed by atoms with Gasteiger partial charge in [-0.3, -0.25) is 4.90 Å². The molecule has 1 N–H and O–H groups in total. The molecule has 0 aliphatic carbocycles. The van der Waals surface area contributed by atoms with Gasteiger partial charge in [-0.05, 0) is 17.7 Å². The molecule has 1 saturated heterocycles. The number of nitrogens with zero attached hydrogens (tertiary/aromatic N) is 2. The lowest BCUT2D eigenvalue weighted by atomic mass is 10.1. The summed E-state index contributed by atoms with van der Waals surface area (Å²) >= 11 is 0. The van der Waals surface area contributed by atoms with Crippen LogP contribution in [0.3, 0.4) is 0 Å². The van der Waals surface area contributed by atoms with E-state index >= 15 is 0 Å². The lowest BCUT2D eigenvalue weighted by molar-refractivity contribution is 0.0921. The molecule has 1 heterocycles. The topological polar surface area (TPSA) is 60.9 Å². The average Bonchev–Trinajstić information content (AvgIpc) is 2.63. The average molecular weight is 364 g/mol. The summed E-state index contributed by atoms with van der Waals surface area (Å²) in [6.07, 6.45) is -0.615. The number of β-amino-alcohol motifs (C(OH)–C–C–N with tert-alkyl or cyclic N) is 1. The Hall–Kier alpha value is -1.80. The molecule has 0 amide bonds. The zero-order chi connectivity index (χ0) is 17.9. The van der Waals surface area contributed by atoms with Gasteiger partial charge in [0, 0.05) is 32.7 Å². The number of piperazine rings is 1. The van der Waals surface area contributed by atoms with E-state index in [1.165, 1.54) is 22.5 Å². The second-order valence-corrected chi connectivity index (χ2v) is 7.97. The predicted octanol–water partition coefficient (Wildman–Crippen LogP) is 1.87. The Balaban J connectivity index is 1.61. The van der Waals surface area contributed by atoms with E-state index in [-0.39, 0.29) is 18.0 Å². The van der Waals surface area contributed by atoms with Crippen molar-refractivity contribution in [3.05, 3.63) is 66.0 Å². The van der Waals surface area contributed by atoms with E-state index in [1.807, 2.05) is 35.2 Å². The first-order valence-electron chi connectivity index (χ1n) is 8.18. The first kappa shape index (κ1) is 18.0. The van der Waals surface area contributed by atoms with Crippen molar-refractivity contribution in [2.24, 2.45) is 0 Å². The summed E-state index contributed by atoms with van der Waals surface area (Å²) in [6, 6.07) is 14.8. The van der Waals surface area contributed by atoms with Crippen molar-refractivity contribution in [3.8, 4) is 0 Å². The first-order chi connectivity index (χ1) is 12.0. The number of aliphatic hydroxyl groups excluding tert-OH is 1. The van der Waals surface area contributed by atoms with E-state index < -0.39 is 21.9 Å². The highest BCUT2D eigenvalue weighted by molar-refractivity contribution is 7.89. The highest BCUT2D eigenvalue weighted by Crippen LogP contribution is 2.21. The fourth-order valence-corrected chi connectivity index (χ4v) is 4.46. The molecule has 25 heavy (non-hydrogen) atoms. The van der Waals surface area contributed by atoms with Crippen molar-refractivity contribution < 1.29 is 17.9 Å². The molecule has 1 atom stereocenters. The molecule has 0 radical (unpaired) electrons. The quantitative estimate of drug-likeness (QED) is 0.880. The maximum absolute atomic E-state index is 13.8. The molecule has 134 valence electrons. The molecular formula is C18H21FN2O3S. The van der Waals surface area contributed by atoms with E-state index in [2.05, 4.69) is 0 Å². The van der Waals surface area contributed by atoms with Crippen molar-refractivity contribution in [2.45, 2.75) is 11.0 Å². The van der Waals surface area contributed by atoms with Crippen LogP contribution in [-0.4, -0.2) is 55.5 Å². The number of hydrogen-bond donors (Lipinski definition) is 1. The molecule has 0 spiro atoms. The number of rotatable bonds is 5. The SMILES string of the molecule is O=S(=O)(c1ccccc1F)N1CCN(C[C@@H](O)c2ccccc2)CC1. The fraction of sp³-hybridized carbons (Fsp3) is 0.333. The highest BCUT2D eigenvalue weighted by atomic mass is 32.2. The summed E-state index contributed by atoms with van der Waals surface area (Å²) in [7, 11) is -3.83. The van der Waals surface area contributed by atoms with Crippen molar-refractivity contribution >= 4 is 10.0 Å². The summed E-state index contributed by atoms with van der Waals surface area (Å²) in [6.45, 7) is 1.99. The van der Waals surface area contributed by atoms with Crippen LogP contribution in [0.15, 0.2) is 59.5 Å². The Bertz CT molecular complexity index is 806. The maximum Gasteiger partial charge on any atom is 0.246 e. The van der Waals surface area contributed by atoms with Gasteiger partial charge >= 0.3 is 0 Å². The van der Waals surface area contributed by atoms with Gasteiger partial charge in [-0.25, -0.2) is 12.8 Å². The molecule has 0 bridgehead atoms. The minimum Gasteiger partial charge on any atom is -0.387 e. The Morgan fingerprint density at radius 2 is 1.56 bits per heavy atom. The van der Waals surface area contributed by atoms with Crippen LogP contribution in [0.5, 0.6) is 0 Å². The summed E-state index contributed by atoms with van der Waals surface area (Å²) in [5.74, 6) is -0.732. The van der Waals surface area contributed by atoms with Gasteiger partial charge in [0.15, 0.2) is 0 Å². The third kappa shape index (κ3) is 4.07. The smallest absolute Gasteiger partial charge is 0.246 e. The van der Waals surface area contributed by atoms with Gasteiger partial charge in [0.1, 0.15) is 10.7 Å². The number of hydrogen-bond acceptors (Lipinski definition) is 4. The Kier molecular flexibility index (Phi) is 5.48. The van der Waals surface area contributed by atoms with Gasteiger partial charge in [0.25, 0.3) is 0 Å². The normalized spacial score (nSPS) is 18.2. The minimum atomic E-state index is -3.83. The third-order valence-electron chi connectivity index (χ3n) is 4.40. The van der Waals surface area contributed by atoms with Crippen LogP contribution < -0.4 is 0 Å². The van der Waals surface area contributed by atoms with Gasteiger partial charge in [-0.2, -0.15) is 4.31 Å². The van der Waals surface area contributed by atoms with Crippen LogP contribution in [0.2, 0.25) is 0 Å². The third-order valence-corrected chi connectivity index (χ3v) is 6.33. The van der Waals surface area contributed by atoms with Crippen molar-refractivity contribution in [1.82, 2.24) is 9.21 Å². The first-order valence-corrected chi connectivity index (χ1v) is 9.62. The summed E-state index contributed by atoms with van der Waals surface area (Å²) in [5.41, 5.74) is 0.837. The van der Waals surface area contributed by atoms with Crippen LogP contribution in [0.4, 0.5) is 4.39 Å². The van der Waals surface area contributed by atoms with Crippen LogP contribution in [-0.2, 0) is 10.0 Å². The van der Waals surface area contributed by atoms with E-state index in [0.29, 0.717) is 19.6 Å². The molecule has 1 fully saturated rings. The molecule has 2 aromatic carbocycles. The van der Waals surface area contributed by atoms with Gasteiger partial charge in [-0.15, -0.1) is 0 Å². The van der Waals surface area contributed by atoms with E-state index in [1.54, 1.807) is 0 Å². The Morgan fingerprint density at radius 1 is 0.960 bits per heavy atom. The molecule has 2 aromatic rings. The second kappa shape index (κ2) is 7.61. The monoisotopic (exact) mass is 364 g/mol. The summed E-state index contributed by atoms with van der Waals surface area (Å²) < 4.78 is 40.3. The Labute approximate surface area is 147 Å². The number of benzene rings is 2. The zero-order valence-corrected chi connectivity index (χ0v) is 14.6. The molecule has 3 rings (SSSR count). The number of halogens is 1. The van der Waals surface area contributed by atoms with E-state index in [4.69, 9.17) is 0 Å². The zero-order valence-electron chi connectivity index (χ0n) is 13.8. The van der Waals surface area contributed by atoms with Gasteiger partial charge in [0.2, 0.25) is 10.0 Å². The lowest BCUT2D eigenvalue weighted by Gasteiger charge is -2.35. The fourth-order valence-electron chi connectivity index (χ4n) is 2.97. The summed E-state index contributed by atoms with van der Waals surface area (Å²) in [4.78, 5) is 1.73. The Morgan fingerprint density at radius 3 is 2.20 bits per heavy atom. The molecule has 5 nitrogen and oxygen atoms in total. The van der Waals surface area contributed by atoms with Gasteiger partial charge < -0.3 is 5.11 Å². The van der Waals surface area contributed by atoms with Crippen LogP contribution in [0.1, 0.15) is 11.7 Å². The second-order valence-electron chi connectivity index (χ2n) is 6.06. The molecule has 0 unspecified atom stereocenters. The lowest BCUT2D eigenvalue weighted by Crippen LogP contribution is -2.49. The largest absolute Gasteiger partial charge is 0.387 e. The van der Waals surface area contributed by atoms with Crippen molar-refractivity contribution in [3.63, 3.8) is 0 Å². The highest BCUT2D eigenvalue weighted by Gasteiger charge is 2.30. The molecule has 7 heteroatoms. The van der Waals surface area contributed by atoms with Crippen LogP contribution in [0, 0.1) is 5.82 Å². The maximum atomic E-state index is 13.8. The standard InChI is InChI=1S/C18H21FN2O3S/c19-16-8-4-5-9-18(16)25(23,24)21-12-10-20(11-13-21)14-17(22)15-6-2-1-3-7-15/h1-9,17,22H,10-14H2/t17-/m1/s1.